The lowest BCUT2D eigenvalue weighted by molar-refractivity contribution is -0.119. The third-order valence-corrected chi connectivity index (χ3v) is 3.52. The molecule has 4 nitrogen and oxygen atoms in total. The van der Waals surface area contributed by atoms with Gasteiger partial charge < -0.3 is 11.1 Å². The summed E-state index contributed by atoms with van der Waals surface area (Å²) in [4.78, 5) is 16.5. The molecule has 1 heterocycles. The van der Waals surface area contributed by atoms with Crippen molar-refractivity contribution in [3.63, 3.8) is 0 Å². The van der Waals surface area contributed by atoms with Gasteiger partial charge in [-0.05, 0) is 29.7 Å². The Labute approximate surface area is 123 Å². The maximum absolute atomic E-state index is 12.2. The molecule has 1 aromatic heterocycles. The van der Waals surface area contributed by atoms with E-state index in [2.05, 4.69) is 10.3 Å². The van der Waals surface area contributed by atoms with Gasteiger partial charge in [0, 0.05) is 11.6 Å². The number of carbonyl (C=O) groups is 1. The maximum Gasteiger partial charge on any atom is 0.241 e. The normalized spacial score (nSPS) is 13.2. The molecule has 20 heavy (non-hydrogen) atoms. The number of pyridine rings is 1. The molecule has 1 aromatic carbocycles. The molecule has 0 aliphatic heterocycles. The molecule has 0 radical (unpaired) electrons. The van der Waals surface area contributed by atoms with Crippen LogP contribution in [-0.2, 0) is 4.79 Å². The van der Waals surface area contributed by atoms with Crippen molar-refractivity contribution < 1.29 is 4.79 Å². The van der Waals surface area contributed by atoms with Crippen molar-refractivity contribution in [2.45, 2.75) is 26.8 Å². The average Bonchev–Trinajstić information content (AvgIpc) is 2.40. The van der Waals surface area contributed by atoms with Crippen molar-refractivity contribution in [3.8, 4) is 0 Å². The average molecular weight is 292 g/mol. The molecule has 0 unspecified atom stereocenters. The van der Waals surface area contributed by atoms with Gasteiger partial charge in [0.15, 0.2) is 0 Å². The van der Waals surface area contributed by atoms with Crippen LogP contribution >= 0.6 is 11.6 Å². The molecular weight excluding hydrogens is 274 g/mol. The van der Waals surface area contributed by atoms with Gasteiger partial charge >= 0.3 is 0 Å². The Morgan fingerprint density at radius 2 is 2.05 bits per heavy atom. The Balaban J connectivity index is 2.36. The molecule has 106 valence electrons. The second-order valence-electron chi connectivity index (χ2n) is 5.83. The van der Waals surface area contributed by atoms with E-state index < -0.39 is 6.04 Å². The summed E-state index contributed by atoms with van der Waals surface area (Å²) in [5.74, 6) is -0.230. The Bertz CT molecular complexity index is 649. The standard InChI is InChI=1S/C15H18ClN3O/c1-15(2,3)13(17)14(20)19-11-7-6-10(16)9-5-4-8-18-12(9)11/h4-8,13H,17H2,1-3H3,(H,19,20)/t13-/m0/s1. The fourth-order valence-electron chi connectivity index (χ4n) is 1.84. The Morgan fingerprint density at radius 1 is 1.35 bits per heavy atom. The number of halogens is 1. The van der Waals surface area contributed by atoms with E-state index in [1.807, 2.05) is 26.8 Å². The Hall–Kier alpha value is -1.65. The van der Waals surface area contributed by atoms with Gasteiger partial charge in [0.25, 0.3) is 0 Å². The summed E-state index contributed by atoms with van der Waals surface area (Å²) in [6.45, 7) is 5.78. The number of hydrogen-bond donors (Lipinski definition) is 2. The molecule has 3 N–H and O–H groups in total. The maximum atomic E-state index is 12.2. The highest BCUT2D eigenvalue weighted by Crippen LogP contribution is 2.28. The predicted molar refractivity (Wildman–Crippen MR) is 82.8 cm³/mol. The SMILES string of the molecule is CC(C)(C)[C@@H](N)C(=O)Nc1ccc(Cl)c2cccnc12. The highest BCUT2D eigenvalue weighted by atomic mass is 35.5. The zero-order valence-electron chi connectivity index (χ0n) is 11.8. The van der Waals surface area contributed by atoms with Crippen LogP contribution in [0.3, 0.4) is 0 Å². The van der Waals surface area contributed by atoms with Crippen molar-refractivity contribution in [2.24, 2.45) is 11.1 Å². The molecule has 0 spiro atoms. The summed E-state index contributed by atoms with van der Waals surface area (Å²) in [5, 5.41) is 4.24. The van der Waals surface area contributed by atoms with Crippen LogP contribution in [0.25, 0.3) is 10.9 Å². The van der Waals surface area contributed by atoms with E-state index in [1.165, 1.54) is 0 Å². The van der Waals surface area contributed by atoms with Crippen LogP contribution in [0.1, 0.15) is 20.8 Å². The van der Waals surface area contributed by atoms with Gasteiger partial charge in [-0.25, -0.2) is 0 Å². The summed E-state index contributed by atoms with van der Waals surface area (Å²) in [5.41, 5.74) is 6.93. The molecule has 1 atom stereocenters. The molecule has 0 saturated carbocycles. The van der Waals surface area contributed by atoms with Gasteiger partial charge in [-0.1, -0.05) is 32.4 Å². The first-order valence-electron chi connectivity index (χ1n) is 6.40. The van der Waals surface area contributed by atoms with Crippen LogP contribution < -0.4 is 11.1 Å². The van der Waals surface area contributed by atoms with Crippen molar-refractivity contribution in [1.29, 1.82) is 0 Å². The molecule has 0 aliphatic rings. The van der Waals surface area contributed by atoms with Gasteiger partial charge in [0.05, 0.1) is 22.3 Å². The molecule has 5 heteroatoms. The molecule has 0 fully saturated rings. The number of aromatic nitrogens is 1. The van der Waals surface area contributed by atoms with Gasteiger partial charge in [-0.3, -0.25) is 9.78 Å². The number of nitrogens with two attached hydrogens (primary N) is 1. The number of nitrogens with one attached hydrogen (secondary N) is 1. The van der Waals surface area contributed by atoms with Crippen LogP contribution in [0, 0.1) is 5.41 Å². The van der Waals surface area contributed by atoms with E-state index in [4.69, 9.17) is 17.3 Å². The highest BCUT2D eigenvalue weighted by Gasteiger charge is 2.27. The molecule has 0 aliphatic carbocycles. The number of benzene rings is 1. The summed E-state index contributed by atoms with van der Waals surface area (Å²) < 4.78 is 0. The van der Waals surface area contributed by atoms with Crippen molar-refractivity contribution in [2.75, 3.05) is 5.32 Å². The first kappa shape index (κ1) is 14.8. The van der Waals surface area contributed by atoms with E-state index in [9.17, 15) is 4.79 Å². The van der Waals surface area contributed by atoms with Crippen molar-refractivity contribution in [1.82, 2.24) is 4.98 Å². The van der Waals surface area contributed by atoms with Crippen LogP contribution in [0.5, 0.6) is 0 Å². The number of amides is 1. The van der Waals surface area contributed by atoms with E-state index in [1.54, 1.807) is 24.4 Å². The Morgan fingerprint density at radius 3 is 2.70 bits per heavy atom. The van der Waals surface area contributed by atoms with Crippen LogP contribution in [0.15, 0.2) is 30.5 Å². The zero-order chi connectivity index (χ0) is 14.9. The van der Waals surface area contributed by atoms with Crippen molar-refractivity contribution >= 4 is 34.1 Å². The topological polar surface area (TPSA) is 68.0 Å². The van der Waals surface area contributed by atoms with Crippen LogP contribution in [0.4, 0.5) is 5.69 Å². The van der Waals surface area contributed by atoms with E-state index >= 15 is 0 Å². The van der Waals surface area contributed by atoms with Gasteiger partial charge in [0.1, 0.15) is 0 Å². The van der Waals surface area contributed by atoms with Crippen molar-refractivity contribution in [3.05, 3.63) is 35.5 Å². The summed E-state index contributed by atoms with van der Waals surface area (Å²) in [6, 6.07) is 6.55. The molecule has 1 amide bonds. The molecule has 0 bridgehead atoms. The summed E-state index contributed by atoms with van der Waals surface area (Å²) in [6.07, 6.45) is 1.66. The minimum Gasteiger partial charge on any atom is -0.323 e. The molecule has 2 rings (SSSR count). The smallest absolute Gasteiger partial charge is 0.241 e. The summed E-state index contributed by atoms with van der Waals surface area (Å²) in [7, 11) is 0. The fraction of sp³-hybridized carbons (Fsp3) is 0.333. The third-order valence-electron chi connectivity index (χ3n) is 3.19. The predicted octanol–water partition coefficient (Wildman–Crippen LogP) is 3.20. The van der Waals surface area contributed by atoms with Gasteiger partial charge in [-0.2, -0.15) is 0 Å². The number of hydrogen-bond acceptors (Lipinski definition) is 3. The second kappa shape index (κ2) is 5.38. The molecular formula is C15H18ClN3O. The zero-order valence-corrected chi connectivity index (χ0v) is 12.5. The quantitative estimate of drug-likeness (QED) is 0.893. The lowest BCUT2D eigenvalue weighted by Gasteiger charge is -2.26. The Kier molecular flexibility index (Phi) is 3.97. The number of nitrogens with zero attached hydrogens (tertiary/aromatic N) is 1. The lowest BCUT2D eigenvalue weighted by atomic mass is 9.87. The second-order valence-corrected chi connectivity index (χ2v) is 6.23. The van der Waals surface area contributed by atoms with Gasteiger partial charge in [-0.15, -0.1) is 0 Å². The minimum atomic E-state index is -0.600. The van der Waals surface area contributed by atoms with E-state index in [0.29, 0.717) is 16.2 Å². The largest absolute Gasteiger partial charge is 0.323 e. The number of carbonyl (C=O) groups excluding carboxylic acids is 1. The number of fused-ring (bicyclic) bond motifs is 1. The number of rotatable bonds is 2. The first-order chi connectivity index (χ1) is 9.30. The van der Waals surface area contributed by atoms with E-state index in [0.717, 1.165) is 5.39 Å². The highest BCUT2D eigenvalue weighted by molar-refractivity contribution is 6.35. The molecule has 0 saturated heterocycles. The monoisotopic (exact) mass is 291 g/mol. The summed E-state index contributed by atoms with van der Waals surface area (Å²) >= 11 is 6.12. The van der Waals surface area contributed by atoms with Crippen LogP contribution in [0.2, 0.25) is 5.02 Å². The third kappa shape index (κ3) is 2.92. The fourth-order valence-corrected chi connectivity index (χ4v) is 2.06. The number of anilines is 1. The molecule has 2 aromatic rings. The van der Waals surface area contributed by atoms with E-state index in [-0.39, 0.29) is 11.3 Å². The van der Waals surface area contributed by atoms with Crippen LogP contribution in [-0.4, -0.2) is 16.9 Å². The first-order valence-corrected chi connectivity index (χ1v) is 6.78. The minimum absolute atomic E-state index is 0.230. The van der Waals surface area contributed by atoms with Gasteiger partial charge in [0.2, 0.25) is 5.91 Å². The lowest BCUT2D eigenvalue weighted by Crippen LogP contribution is -2.45.